The van der Waals surface area contributed by atoms with Crippen LogP contribution in [0.2, 0.25) is 5.15 Å². The lowest BCUT2D eigenvalue weighted by molar-refractivity contribution is 0.370. The van der Waals surface area contributed by atoms with Gasteiger partial charge >= 0.3 is 0 Å². The first-order chi connectivity index (χ1) is 8.74. The Morgan fingerprint density at radius 2 is 2.39 bits per heavy atom. The maximum Gasteiger partial charge on any atom is 0.155 e. The first-order valence-corrected chi connectivity index (χ1v) is 6.74. The Morgan fingerprint density at radius 3 is 3.17 bits per heavy atom. The van der Waals surface area contributed by atoms with Crippen molar-refractivity contribution in [2.24, 2.45) is 5.92 Å². The van der Waals surface area contributed by atoms with E-state index in [2.05, 4.69) is 10.3 Å². The lowest BCUT2D eigenvalue weighted by Crippen LogP contribution is -2.31. The normalized spacial score (nSPS) is 20.4. The van der Waals surface area contributed by atoms with Crippen LogP contribution < -0.4 is 11.1 Å². The number of hydrogen-bond acceptors (Lipinski definition) is 3. The third-order valence-electron chi connectivity index (χ3n) is 3.56. The van der Waals surface area contributed by atoms with Crippen LogP contribution >= 0.6 is 11.6 Å². The summed E-state index contributed by atoms with van der Waals surface area (Å²) in [5.74, 6) is 1.65. The van der Waals surface area contributed by atoms with Gasteiger partial charge in [-0.15, -0.1) is 0 Å². The van der Waals surface area contributed by atoms with Crippen LogP contribution in [0.1, 0.15) is 18.7 Å². The summed E-state index contributed by atoms with van der Waals surface area (Å²) in [6, 6.07) is 3.78. The minimum absolute atomic E-state index is 0.564. The number of fused-ring (bicyclic) bond motifs is 1. The monoisotopic (exact) mass is 264 g/mol. The molecule has 1 aliphatic rings. The average Bonchev–Trinajstić information content (AvgIpc) is 2.67. The molecule has 3 N–H and O–H groups in total. The maximum absolute atomic E-state index is 6.16. The van der Waals surface area contributed by atoms with Crippen molar-refractivity contribution in [1.82, 2.24) is 14.7 Å². The van der Waals surface area contributed by atoms with Crippen molar-refractivity contribution in [3.8, 4) is 0 Å². The number of halogens is 1. The van der Waals surface area contributed by atoms with Crippen LogP contribution in [-0.4, -0.2) is 22.5 Å². The summed E-state index contributed by atoms with van der Waals surface area (Å²) in [5.41, 5.74) is 7.50. The lowest BCUT2D eigenvalue weighted by Gasteiger charge is -2.22. The van der Waals surface area contributed by atoms with Crippen molar-refractivity contribution in [2.45, 2.75) is 19.3 Å². The van der Waals surface area contributed by atoms with Crippen molar-refractivity contribution in [2.75, 3.05) is 18.8 Å². The van der Waals surface area contributed by atoms with Gasteiger partial charge in [0.1, 0.15) is 5.82 Å². The molecular formula is C13H17ClN4. The molecule has 1 fully saturated rings. The quantitative estimate of drug-likeness (QED) is 0.874. The minimum atomic E-state index is 0.564. The fourth-order valence-electron chi connectivity index (χ4n) is 2.62. The topological polar surface area (TPSA) is 55.3 Å². The molecule has 0 radical (unpaired) electrons. The molecule has 0 bridgehead atoms. The van der Waals surface area contributed by atoms with Crippen LogP contribution in [0.15, 0.2) is 18.3 Å². The number of nitrogens with one attached hydrogen (secondary N) is 1. The molecule has 3 heterocycles. The van der Waals surface area contributed by atoms with Crippen LogP contribution in [0.5, 0.6) is 0 Å². The second-order valence-electron chi connectivity index (χ2n) is 4.95. The summed E-state index contributed by atoms with van der Waals surface area (Å²) in [4.78, 5) is 4.47. The predicted octanol–water partition coefficient (Wildman–Crippen LogP) is 2.11. The summed E-state index contributed by atoms with van der Waals surface area (Å²) >= 11 is 6.16. The van der Waals surface area contributed by atoms with Crippen LogP contribution in [0, 0.1) is 5.92 Å². The van der Waals surface area contributed by atoms with Gasteiger partial charge in [-0.1, -0.05) is 11.6 Å². The largest absolute Gasteiger partial charge is 0.398 e. The number of anilines is 1. The smallest absolute Gasteiger partial charge is 0.155 e. The molecule has 0 spiro atoms. The number of aromatic nitrogens is 2. The summed E-state index contributed by atoms with van der Waals surface area (Å²) in [6.07, 6.45) is 5.34. The Morgan fingerprint density at radius 1 is 1.50 bits per heavy atom. The zero-order chi connectivity index (χ0) is 12.5. The Hall–Kier alpha value is -1.26. The maximum atomic E-state index is 6.16. The highest BCUT2D eigenvalue weighted by atomic mass is 35.5. The van der Waals surface area contributed by atoms with Crippen molar-refractivity contribution >= 4 is 22.8 Å². The molecule has 1 unspecified atom stereocenters. The number of pyridine rings is 1. The molecule has 0 aliphatic carbocycles. The van der Waals surface area contributed by atoms with E-state index in [1.807, 2.05) is 22.7 Å². The van der Waals surface area contributed by atoms with Crippen molar-refractivity contribution < 1.29 is 0 Å². The van der Waals surface area contributed by atoms with Gasteiger partial charge in [0, 0.05) is 18.3 Å². The van der Waals surface area contributed by atoms with Gasteiger partial charge in [-0.25, -0.2) is 4.98 Å². The van der Waals surface area contributed by atoms with Gasteiger partial charge in [0.05, 0.1) is 5.52 Å². The molecule has 0 amide bonds. The molecule has 0 aromatic carbocycles. The van der Waals surface area contributed by atoms with E-state index in [1.165, 1.54) is 12.8 Å². The molecular weight excluding hydrogens is 248 g/mol. The number of nitrogen functional groups attached to an aromatic ring is 1. The van der Waals surface area contributed by atoms with Gasteiger partial charge in [-0.3, -0.25) is 0 Å². The molecule has 2 aromatic heterocycles. The van der Waals surface area contributed by atoms with Gasteiger partial charge in [-0.2, -0.15) is 0 Å². The highest BCUT2D eigenvalue weighted by molar-refractivity contribution is 6.32. The first-order valence-electron chi connectivity index (χ1n) is 6.37. The number of rotatable bonds is 2. The fourth-order valence-corrected chi connectivity index (χ4v) is 2.88. The predicted molar refractivity (Wildman–Crippen MR) is 73.9 cm³/mol. The SMILES string of the molecule is Nc1ccc2c(Cl)nc(CC3CCCNC3)n2c1. The van der Waals surface area contributed by atoms with Gasteiger partial charge in [-0.05, 0) is 44.0 Å². The van der Waals surface area contributed by atoms with Crippen LogP contribution in [0.25, 0.3) is 5.52 Å². The van der Waals surface area contributed by atoms with Crippen molar-refractivity contribution in [3.63, 3.8) is 0 Å². The van der Waals surface area contributed by atoms with E-state index >= 15 is 0 Å². The minimum Gasteiger partial charge on any atom is -0.398 e. The Bertz CT molecular complexity index is 557. The van der Waals surface area contributed by atoms with Crippen molar-refractivity contribution in [3.05, 3.63) is 29.3 Å². The van der Waals surface area contributed by atoms with Crippen molar-refractivity contribution in [1.29, 1.82) is 0 Å². The van der Waals surface area contributed by atoms with Gasteiger partial charge in [0.2, 0.25) is 0 Å². The number of hydrogen-bond donors (Lipinski definition) is 2. The zero-order valence-electron chi connectivity index (χ0n) is 10.2. The van der Waals surface area contributed by atoms with Gasteiger partial charge in [0.15, 0.2) is 5.15 Å². The Kier molecular flexibility index (Phi) is 3.14. The molecule has 4 nitrogen and oxygen atoms in total. The molecule has 1 atom stereocenters. The summed E-state index contributed by atoms with van der Waals surface area (Å²) in [6.45, 7) is 2.20. The molecule has 18 heavy (non-hydrogen) atoms. The highest BCUT2D eigenvalue weighted by Crippen LogP contribution is 2.23. The van der Waals surface area contributed by atoms with Crippen LogP contribution in [-0.2, 0) is 6.42 Å². The lowest BCUT2D eigenvalue weighted by atomic mass is 9.96. The standard InChI is InChI=1S/C13H17ClN4/c14-13-11-4-3-10(15)8-18(11)12(17-13)6-9-2-1-5-16-7-9/h3-4,8-9,16H,1-2,5-7,15H2. The zero-order valence-corrected chi connectivity index (χ0v) is 11.0. The van der Waals surface area contributed by atoms with Gasteiger partial charge < -0.3 is 15.5 Å². The van der Waals surface area contributed by atoms with E-state index in [-0.39, 0.29) is 0 Å². The summed E-state index contributed by atoms with van der Waals surface area (Å²) in [7, 11) is 0. The molecule has 1 aliphatic heterocycles. The van der Waals surface area contributed by atoms with E-state index in [0.29, 0.717) is 11.1 Å². The first kappa shape index (κ1) is 11.8. The average molecular weight is 265 g/mol. The number of piperidine rings is 1. The molecule has 96 valence electrons. The Labute approximate surface area is 111 Å². The molecule has 1 saturated heterocycles. The number of imidazole rings is 1. The summed E-state index contributed by atoms with van der Waals surface area (Å²) < 4.78 is 2.02. The fraction of sp³-hybridized carbons (Fsp3) is 0.462. The van der Waals surface area contributed by atoms with E-state index in [9.17, 15) is 0 Å². The number of nitrogens with zero attached hydrogens (tertiary/aromatic N) is 2. The molecule has 5 heteroatoms. The third kappa shape index (κ3) is 2.18. The van der Waals surface area contributed by atoms with Crippen LogP contribution in [0.3, 0.4) is 0 Å². The second kappa shape index (κ2) is 4.78. The molecule has 2 aromatic rings. The molecule has 0 saturated carbocycles. The van der Waals surface area contributed by atoms with Gasteiger partial charge in [0.25, 0.3) is 0 Å². The summed E-state index contributed by atoms with van der Waals surface area (Å²) in [5, 5.41) is 3.99. The highest BCUT2D eigenvalue weighted by Gasteiger charge is 2.17. The van der Waals surface area contributed by atoms with E-state index < -0.39 is 0 Å². The third-order valence-corrected chi connectivity index (χ3v) is 3.84. The second-order valence-corrected chi connectivity index (χ2v) is 5.31. The molecule has 3 rings (SSSR count). The Balaban J connectivity index is 1.93. The number of nitrogens with two attached hydrogens (primary N) is 1. The van der Waals surface area contributed by atoms with Crippen LogP contribution in [0.4, 0.5) is 5.69 Å². The van der Waals surface area contributed by atoms with E-state index in [0.717, 1.165) is 36.5 Å². The van der Waals surface area contributed by atoms with E-state index in [1.54, 1.807) is 0 Å². The van der Waals surface area contributed by atoms with E-state index in [4.69, 9.17) is 17.3 Å².